The van der Waals surface area contributed by atoms with Crippen LogP contribution in [-0.4, -0.2) is 64.5 Å². The Bertz CT molecular complexity index is 269. The smallest absolute Gasteiger partial charge is 0.325 e. The first kappa shape index (κ1) is 14.2. The molecule has 6 nitrogen and oxygen atoms in total. The molecule has 1 rings (SSSR count). The second-order valence-electron chi connectivity index (χ2n) is 3.67. The molecule has 1 aliphatic heterocycles. The van der Waals surface area contributed by atoms with Crippen molar-refractivity contribution >= 4 is 15.4 Å². The highest BCUT2D eigenvalue weighted by Gasteiger charge is 2.45. The molecule has 92 valence electrons. The van der Waals surface area contributed by atoms with Crippen molar-refractivity contribution in [3.63, 3.8) is 0 Å². The number of hydrogen-bond acceptors (Lipinski definition) is 5. The van der Waals surface area contributed by atoms with Crippen LogP contribution < -0.4 is 0 Å². The summed E-state index contributed by atoms with van der Waals surface area (Å²) in [5.41, 5.74) is 0. The molecule has 1 heterocycles. The van der Waals surface area contributed by atoms with Crippen LogP contribution in [0.5, 0.6) is 0 Å². The van der Waals surface area contributed by atoms with E-state index in [1.165, 1.54) is 14.2 Å². The van der Waals surface area contributed by atoms with Gasteiger partial charge in [-0.25, -0.2) is 0 Å². The van der Waals surface area contributed by atoms with Gasteiger partial charge < -0.3 is 19.1 Å². The molecule has 0 aromatic rings. The van der Waals surface area contributed by atoms with Crippen LogP contribution in [0.1, 0.15) is 0 Å². The quantitative estimate of drug-likeness (QED) is 0.535. The molecule has 16 heavy (non-hydrogen) atoms. The number of ether oxygens (including phenoxy) is 3. The molecule has 1 fully saturated rings. The lowest BCUT2D eigenvalue weighted by Crippen LogP contribution is -2.37. The molecule has 2 unspecified atom stereocenters. The second-order valence-corrected chi connectivity index (χ2v) is 5.48. The predicted octanol–water partition coefficient (Wildman–Crippen LogP) is -0.258. The van der Waals surface area contributed by atoms with Crippen molar-refractivity contribution in [3.05, 3.63) is 0 Å². The van der Waals surface area contributed by atoms with Crippen molar-refractivity contribution in [3.8, 4) is 0 Å². The minimum absolute atomic E-state index is 0.220. The van der Waals surface area contributed by atoms with Gasteiger partial charge in [-0.15, -0.1) is 0 Å². The lowest BCUT2D eigenvalue weighted by molar-refractivity contribution is -0.0165. The molecule has 5 atom stereocenters. The Hall–Kier alpha value is 0.0949. The molecule has 0 bridgehead atoms. The topological polar surface area (TPSA) is 74.2 Å². The zero-order valence-electron chi connectivity index (χ0n) is 9.53. The first-order chi connectivity index (χ1) is 7.39. The van der Waals surface area contributed by atoms with Crippen LogP contribution in [0.15, 0.2) is 0 Å². The van der Waals surface area contributed by atoms with Crippen molar-refractivity contribution in [2.75, 3.05) is 27.5 Å². The Morgan fingerprint density at radius 3 is 2.50 bits per heavy atom. The maximum absolute atomic E-state index is 11.2. The van der Waals surface area contributed by atoms with Gasteiger partial charge in [-0.1, -0.05) is 0 Å². The summed E-state index contributed by atoms with van der Waals surface area (Å²) < 4.78 is 31.6. The lowest BCUT2D eigenvalue weighted by Gasteiger charge is -2.23. The minimum Gasteiger partial charge on any atom is -0.382 e. The van der Waals surface area contributed by atoms with Crippen LogP contribution in [0.4, 0.5) is 0 Å². The van der Waals surface area contributed by atoms with E-state index in [-0.39, 0.29) is 6.61 Å². The maximum Gasteiger partial charge on any atom is 0.325 e. The molecular formula is C8H16BO6P. The van der Waals surface area contributed by atoms with Crippen LogP contribution in [-0.2, 0) is 23.3 Å². The molecule has 1 aliphatic rings. The summed E-state index contributed by atoms with van der Waals surface area (Å²) in [5.74, 6) is 0. The minimum atomic E-state index is -3.62. The van der Waals surface area contributed by atoms with Gasteiger partial charge in [0.15, 0.2) is 0 Å². The zero-order chi connectivity index (χ0) is 12.3. The number of methoxy groups -OCH3 is 2. The third kappa shape index (κ3) is 3.55. The Balaban J connectivity index is 2.75. The Kier molecular flexibility index (Phi) is 4.97. The Morgan fingerprint density at radius 2 is 2.06 bits per heavy atom. The van der Waals surface area contributed by atoms with Crippen molar-refractivity contribution in [2.45, 2.75) is 24.3 Å². The fourth-order valence-electron chi connectivity index (χ4n) is 1.68. The molecule has 0 aromatic heterocycles. The summed E-state index contributed by atoms with van der Waals surface area (Å²) in [7, 11) is 4.98. The van der Waals surface area contributed by atoms with E-state index in [0.29, 0.717) is 0 Å². The largest absolute Gasteiger partial charge is 0.382 e. The van der Waals surface area contributed by atoms with Gasteiger partial charge in [-0.3, -0.25) is 9.09 Å². The SMILES string of the molecule is [B][C@@H]1O[C@H](COC)[C@H](OP(C)(=O)O)C1OC. The van der Waals surface area contributed by atoms with Crippen LogP contribution in [0.2, 0.25) is 0 Å². The van der Waals surface area contributed by atoms with E-state index in [4.69, 9.17) is 26.6 Å². The average Bonchev–Trinajstić information content (AvgIpc) is 2.41. The molecule has 1 N–H and O–H groups in total. The summed E-state index contributed by atoms with van der Waals surface area (Å²) >= 11 is 0. The first-order valence-electron chi connectivity index (χ1n) is 4.80. The second kappa shape index (κ2) is 5.62. The molecule has 0 saturated carbocycles. The maximum atomic E-state index is 11.2. The first-order valence-corrected chi connectivity index (χ1v) is 6.83. The van der Waals surface area contributed by atoms with Gasteiger partial charge >= 0.3 is 7.60 Å². The van der Waals surface area contributed by atoms with Gasteiger partial charge in [0.25, 0.3) is 0 Å². The Morgan fingerprint density at radius 1 is 1.44 bits per heavy atom. The van der Waals surface area contributed by atoms with Gasteiger partial charge in [0.2, 0.25) is 0 Å². The third-order valence-electron chi connectivity index (χ3n) is 2.27. The average molecular weight is 250 g/mol. The van der Waals surface area contributed by atoms with Crippen molar-refractivity contribution in [2.24, 2.45) is 0 Å². The molecule has 0 aromatic carbocycles. The molecule has 0 aliphatic carbocycles. The highest BCUT2D eigenvalue weighted by atomic mass is 31.2. The summed E-state index contributed by atoms with van der Waals surface area (Å²) in [6, 6.07) is -0.693. The monoisotopic (exact) mass is 250 g/mol. The van der Waals surface area contributed by atoms with E-state index in [1.54, 1.807) is 0 Å². The predicted molar refractivity (Wildman–Crippen MR) is 57.7 cm³/mol. The van der Waals surface area contributed by atoms with Gasteiger partial charge in [-0.2, -0.15) is 0 Å². The molecule has 1 saturated heterocycles. The third-order valence-corrected chi connectivity index (χ3v) is 2.90. The van der Waals surface area contributed by atoms with Gasteiger partial charge in [0, 0.05) is 26.9 Å². The van der Waals surface area contributed by atoms with E-state index in [1.807, 2.05) is 0 Å². The van der Waals surface area contributed by atoms with E-state index >= 15 is 0 Å². The van der Waals surface area contributed by atoms with Crippen LogP contribution >= 0.6 is 7.60 Å². The highest BCUT2D eigenvalue weighted by molar-refractivity contribution is 7.51. The zero-order valence-corrected chi connectivity index (χ0v) is 10.4. The van der Waals surface area contributed by atoms with Crippen molar-refractivity contribution in [1.29, 1.82) is 0 Å². The van der Waals surface area contributed by atoms with Gasteiger partial charge in [0.1, 0.15) is 26.2 Å². The van der Waals surface area contributed by atoms with Crippen LogP contribution in [0.25, 0.3) is 0 Å². The molecule has 0 spiro atoms. The fraction of sp³-hybridized carbons (Fsp3) is 1.00. The van der Waals surface area contributed by atoms with Crippen LogP contribution in [0.3, 0.4) is 0 Å². The van der Waals surface area contributed by atoms with E-state index in [9.17, 15) is 9.46 Å². The fourth-order valence-corrected chi connectivity index (χ4v) is 2.38. The lowest BCUT2D eigenvalue weighted by atomic mass is 9.93. The normalized spacial score (nSPS) is 38.5. The molecule has 2 radical (unpaired) electrons. The van der Waals surface area contributed by atoms with Crippen molar-refractivity contribution in [1.82, 2.24) is 0 Å². The highest BCUT2D eigenvalue weighted by Crippen LogP contribution is 2.42. The van der Waals surface area contributed by atoms with E-state index in [0.717, 1.165) is 6.66 Å². The van der Waals surface area contributed by atoms with E-state index < -0.39 is 31.9 Å². The standard InChI is InChI=1S/C8H16BO6P/c1-12-4-5-6(15-16(3,10)11)7(13-2)8(9)14-5/h5-8H,4H2,1-3H3,(H,10,11)/t5-,6+,7?,8-/m1/s1. The Labute approximate surface area is 96.2 Å². The van der Waals surface area contributed by atoms with Gasteiger partial charge in [-0.05, 0) is 0 Å². The number of hydrogen-bond donors (Lipinski definition) is 1. The van der Waals surface area contributed by atoms with Gasteiger partial charge in [0.05, 0.1) is 6.61 Å². The molecular weight excluding hydrogens is 234 g/mol. The molecule has 8 heteroatoms. The molecule has 0 amide bonds. The van der Waals surface area contributed by atoms with Crippen LogP contribution in [0, 0.1) is 0 Å². The van der Waals surface area contributed by atoms with E-state index in [2.05, 4.69) is 0 Å². The summed E-state index contributed by atoms with van der Waals surface area (Å²) in [6.07, 6.45) is -1.80. The summed E-state index contributed by atoms with van der Waals surface area (Å²) in [4.78, 5) is 9.20. The number of rotatable bonds is 5. The summed E-state index contributed by atoms with van der Waals surface area (Å²) in [6.45, 7) is 1.33. The summed E-state index contributed by atoms with van der Waals surface area (Å²) in [5, 5.41) is 0. The van der Waals surface area contributed by atoms with Crippen molar-refractivity contribution < 1.29 is 28.2 Å².